The van der Waals surface area contributed by atoms with E-state index in [0.717, 1.165) is 44.1 Å². The first-order valence-corrected chi connectivity index (χ1v) is 9.50. The second-order valence-corrected chi connectivity index (χ2v) is 8.35. The second-order valence-electron chi connectivity index (χ2n) is 8.35. The zero-order valence-electron chi connectivity index (χ0n) is 14.8. The Kier molecular flexibility index (Phi) is 4.16. The third-order valence-electron chi connectivity index (χ3n) is 6.63. The minimum Gasteiger partial charge on any atom is -0.384 e. The minimum atomic E-state index is -0.104. The topological polar surface area (TPSA) is 15.3 Å². The van der Waals surface area contributed by atoms with E-state index in [0.29, 0.717) is 6.04 Å². The van der Waals surface area contributed by atoms with Gasteiger partial charge in [-0.15, -0.1) is 0 Å². The van der Waals surface area contributed by atoms with Gasteiger partial charge in [0.2, 0.25) is 0 Å². The van der Waals surface area contributed by atoms with E-state index < -0.39 is 0 Å². The minimum absolute atomic E-state index is 0.104. The Morgan fingerprint density at radius 3 is 2.88 bits per heavy atom. The van der Waals surface area contributed by atoms with Crippen LogP contribution in [0.2, 0.25) is 0 Å². The van der Waals surface area contributed by atoms with Crippen LogP contribution in [0.5, 0.6) is 0 Å². The maximum Gasteiger partial charge on any atom is 0.123 e. The van der Waals surface area contributed by atoms with Crippen LogP contribution in [0.4, 0.5) is 10.1 Å². The highest BCUT2D eigenvalue weighted by Gasteiger charge is 2.42. The molecule has 0 amide bonds. The molecule has 4 rings (SSSR count). The van der Waals surface area contributed by atoms with Gasteiger partial charge in [0.25, 0.3) is 0 Å². The molecular formula is C21H29FN2. The van der Waals surface area contributed by atoms with E-state index in [1.807, 2.05) is 6.07 Å². The van der Waals surface area contributed by atoms with Crippen molar-refractivity contribution in [2.24, 2.45) is 5.92 Å². The summed E-state index contributed by atoms with van der Waals surface area (Å²) in [5, 5.41) is 3.51. The summed E-state index contributed by atoms with van der Waals surface area (Å²) in [4.78, 5) is 2.69. The third kappa shape index (κ3) is 2.88. The number of nitrogens with one attached hydrogen (secondary N) is 1. The van der Waals surface area contributed by atoms with Crippen LogP contribution in [0.15, 0.2) is 30.4 Å². The monoisotopic (exact) mass is 328 g/mol. The average molecular weight is 328 g/mol. The number of rotatable bonds is 1. The molecule has 0 radical (unpaired) electrons. The summed E-state index contributed by atoms with van der Waals surface area (Å²) in [6.45, 7) is 9.89. The van der Waals surface area contributed by atoms with Gasteiger partial charge in [0.15, 0.2) is 0 Å². The normalized spacial score (nSPS) is 30.0. The first-order valence-electron chi connectivity index (χ1n) is 9.50. The standard InChI is InChI=1S/C21H29FN2/c1-15-3-4-16(2)12-18(11-15)24-9-7-21(8-10-24)14-23-20-6-5-17(22)13-19(20)21/h5-6,13,16,18,23H,1,3-4,7-12,14H2,2H3. The maximum atomic E-state index is 13.8. The largest absolute Gasteiger partial charge is 0.384 e. The van der Waals surface area contributed by atoms with E-state index in [4.69, 9.17) is 0 Å². The molecule has 2 atom stereocenters. The third-order valence-corrected chi connectivity index (χ3v) is 6.63. The van der Waals surface area contributed by atoms with E-state index >= 15 is 0 Å². The first kappa shape index (κ1) is 16.1. The molecule has 3 aliphatic rings. The van der Waals surface area contributed by atoms with Crippen LogP contribution < -0.4 is 5.32 Å². The fourth-order valence-corrected chi connectivity index (χ4v) is 5.06. The van der Waals surface area contributed by atoms with Crippen LogP contribution in [0.25, 0.3) is 0 Å². The summed E-state index contributed by atoms with van der Waals surface area (Å²) in [5.74, 6) is 0.696. The van der Waals surface area contributed by atoms with E-state index in [9.17, 15) is 4.39 Å². The highest BCUT2D eigenvalue weighted by molar-refractivity contribution is 5.60. The molecule has 2 fully saturated rings. The fourth-order valence-electron chi connectivity index (χ4n) is 5.06. The zero-order valence-corrected chi connectivity index (χ0v) is 14.8. The van der Waals surface area contributed by atoms with Gasteiger partial charge in [0.1, 0.15) is 5.82 Å². The van der Waals surface area contributed by atoms with E-state index in [1.54, 1.807) is 12.1 Å². The van der Waals surface area contributed by atoms with Crippen LogP contribution in [-0.4, -0.2) is 30.6 Å². The number of hydrogen-bond acceptors (Lipinski definition) is 2. The van der Waals surface area contributed by atoms with Crippen molar-refractivity contribution in [3.05, 3.63) is 41.7 Å². The predicted octanol–water partition coefficient (Wildman–Crippen LogP) is 4.72. The number of hydrogen-bond donors (Lipinski definition) is 1. The number of nitrogens with zero attached hydrogens (tertiary/aromatic N) is 1. The van der Waals surface area contributed by atoms with Gasteiger partial charge in [-0.2, -0.15) is 0 Å². The zero-order chi connectivity index (χ0) is 16.7. The molecule has 1 spiro atoms. The Bertz CT molecular complexity index is 631. The molecule has 3 heteroatoms. The predicted molar refractivity (Wildman–Crippen MR) is 97.9 cm³/mol. The summed E-state index contributed by atoms with van der Waals surface area (Å²) < 4.78 is 13.8. The molecule has 1 aromatic carbocycles. The van der Waals surface area contributed by atoms with Gasteiger partial charge in [0.05, 0.1) is 0 Å². The number of halogens is 1. The van der Waals surface area contributed by atoms with Crippen LogP contribution in [-0.2, 0) is 5.41 Å². The quantitative estimate of drug-likeness (QED) is 0.593. The molecule has 2 aliphatic heterocycles. The van der Waals surface area contributed by atoms with Crippen molar-refractivity contribution in [3.8, 4) is 0 Å². The van der Waals surface area contributed by atoms with Gasteiger partial charge >= 0.3 is 0 Å². The molecule has 1 aliphatic carbocycles. The highest BCUT2D eigenvalue weighted by atomic mass is 19.1. The van der Waals surface area contributed by atoms with Crippen LogP contribution >= 0.6 is 0 Å². The van der Waals surface area contributed by atoms with E-state index in [1.165, 1.54) is 36.8 Å². The Labute approximate surface area is 145 Å². The Morgan fingerprint density at radius 2 is 2.08 bits per heavy atom. The number of fused-ring (bicyclic) bond motifs is 2. The van der Waals surface area contributed by atoms with Crippen molar-refractivity contribution < 1.29 is 4.39 Å². The Morgan fingerprint density at radius 1 is 1.29 bits per heavy atom. The summed E-state index contributed by atoms with van der Waals surface area (Å²) in [6.07, 6.45) is 7.23. The molecule has 0 bridgehead atoms. The van der Waals surface area contributed by atoms with Crippen LogP contribution in [0.3, 0.4) is 0 Å². The van der Waals surface area contributed by atoms with Gasteiger partial charge < -0.3 is 5.32 Å². The molecule has 2 heterocycles. The second kappa shape index (κ2) is 6.18. The lowest BCUT2D eigenvalue weighted by atomic mass is 9.74. The van der Waals surface area contributed by atoms with Crippen LogP contribution in [0.1, 0.15) is 51.0 Å². The number of piperidine rings is 1. The molecule has 1 saturated carbocycles. The van der Waals surface area contributed by atoms with E-state index in [2.05, 4.69) is 23.7 Å². The first-order chi connectivity index (χ1) is 11.6. The maximum absolute atomic E-state index is 13.8. The van der Waals surface area contributed by atoms with Gasteiger partial charge in [-0.05, 0) is 81.3 Å². The van der Waals surface area contributed by atoms with Crippen molar-refractivity contribution in [2.75, 3.05) is 25.0 Å². The summed E-state index contributed by atoms with van der Waals surface area (Å²) in [5.41, 5.74) is 3.92. The van der Waals surface area contributed by atoms with Crippen LogP contribution in [0, 0.1) is 11.7 Å². The molecule has 1 aromatic rings. The SMILES string of the molecule is C=C1CCC(C)CC(N2CCC3(CC2)CNc2ccc(F)cc23)C1. The number of likely N-dealkylation sites (tertiary alicyclic amines) is 1. The molecule has 1 N–H and O–H groups in total. The summed E-state index contributed by atoms with van der Waals surface area (Å²) in [6, 6.07) is 5.90. The summed E-state index contributed by atoms with van der Waals surface area (Å²) in [7, 11) is 0. The highest BCUT2D eigenvalue weighted by Crippen LogP contribution is 2.45. The van der Waals surface area contributed by atoms with Crippen molar-refractivity contribution in [1.82, 2.24) is 4.90 Å². The molecule has 1 saturated heterocycles. The molecule has 24 heavy (non-hydrogen) atoms. The van der Waals surface area contributed by atoms with Gasteiger partial charge in [-0.25, -0.2) is 4.39 Å². The van der Waals surface area contributed by atoms with Gasteiger partial charge in [0, 0.05) is 23.7 Å². The summed E-state index contributed by atoms with van der Waals surface area (Å²) >= 11 is 0. The molecule has 2 nitrogen and oxygen atoms in total. The van der Waals surface area contributed by atoms with Gasteiger partial charge in [-0.3, -0.25) is 4.90 Å². The van der Waals surface area contributed by atoms with Crippen molar-refractivity contribution >= 4 is 5.69 Å². The Hall–Kier alpha value is -1.35. The van der Waals surface area contributed by atoms with E-state index in [-0.39, 0.29) is 11.2 Å². The smallest absolute Gasteiger partial charge is 0.123 e. The number of anilines is 1. The molecule has 130 valence electrons. The van der Waals surface area contributed by atoms with Gasteiger partial charge in [-0.1, -0.05) is 19.1 Å². The molecular weight excluding hydrogens is 299 g/mol. The lowest BCUT2D eigenvalue weighted by Gasteiger charge is -2.43. The van der Waals surface area contributed by atoms with Crippen molar-refractivity contribution in [1.29, 1.82) is 0 Å². The lowest BCUT2D eigenvalue weighted by molar-refractivity contribution is 0.109. The van der Waals surface area contributed by atoms with Crippen molar-refractivity contribution in [3.63, 3.8) is 0 Å². The fraction of sp³-hybridized carbons (Fsp3) is 0.619. The number of benzene rings is 1. The molecule has 2 unspecified atom stereocenters. The lowest BCUT2D eigenvalue weighted by Crippen LogP contribution is -2.48. The Balaban J connectivity index is 1.48. The van der Waals surface area contributed by atoms with Crippen molar-refractivity contribution in [2.45, 2.75) is 56.9 Å². The average Bonchev–Trinajstić information content (AvgIpc) is 2.80. The molecule has 0 aromatic heterocycles.